The molecule has 3 N–H and O–H groups in total. The van der Waals surface area contributed by atoms with Crippen molar-refractivity contribution in [1.29, 1.82) is 0 Å². The van der Waals surface area contributed by atoms with E-state index in [-0.39, 0.29) is 24.4 Å². The quantitative estimate of drug-likeness (QED) is 0.794. The molecule has 20 heavy (non-hydrogen) atoms. The second kappa shape index (κ2) is 7.07. The van der Waals surface area contributed by atoms with Gasteiger partial charge in [0.05, 0.1) is 12.0 Å². The van der Waals surface area contributed by atoms with Crippen LogP contribution in [0.1, 0.15) is 46.5 Å². The van der Waals surface area contributed by atoms with Gasteiger partial charge in [-0.25, -0.2) is 0 Å². The van der Waals surface area contributed by atoms with Crippen LogP contribution in [-0.2, 0) is 9.59 Å². The van der Waals surface area contributed by atoms with Gasteiger partial charge in [0.1, 0.15) is 0 Å². The summed E-state index contributed by atoms with van der Waals surface area (Å²) in [6.45, 7) is 6.50. The Morgan fingerprint density at radius 3 is 2.35 bits per heavy atom. The Morgan fingerprint density at radius 2 is 1.90 bits per heavy atom. The van der Waals surface area contributed by atoms with Crippen molar-refractivity contribution in [3.8, 4) is 0 Å². The molecule has 0 spiro atoms. The Hall–Kier alpha value is -1.10. The Bertz CT molecular complexity index is 347. The standard InChI is InChI=1S/C15H29N3O2/c1-11(2)17-13(19)9-18(4)14(20)15(10-16)7-5-12(3)6-8-15/h11-12H,5-10,16H2,1-4H3,(H,17,19). The first-order valence-corrected chi connectivity index (χ1v) is 7.55. The first kappa shape index (κ1) is 17.0. The lowest BCUT2D eigenvalue weighted by atomic mass is 9.70. The Balaban J connectivity index is 2.64. The van der Waals surface area contributed by atoms with Gasteiger partial charge in [-0.2, -0.15) is 0 Å². The molecular weight excluding hydrogens is 254 g/mol. The summed E-state index contributed by atoms with van der Waals surface area (Å²) >= 11 is 0. The summed E-state index contributed by atoms with van der Waals surface area (Å²) < 4.78 is 0. The number of hydrogen-bond donors (Lipinski definition) is 2. The predicted molar refractivity (Wildman–Crippen MR) is 80.0 cm³/mol. The number of carbonyl (C=O) groups is 2. The molecule has 116 valence electrons. The summed E-state index contributed by atoms with van der Waals surface area (Å²) in [7, 11) is 1.69. The van der Waals surface area contributed by atoms with Gasteiger partial charge >= 0.3 is 0 Å². The summed E-state index contributed by atoms with van der Waals surface area (Å²) in [5.41, 5.74) is 5.43. The van der Waals surface area contributed by atoms with Crippen molar-refractivity contribution in [2.24, 2.45) is 17.1 Å². The highest BCUT2D eigenvalue weighted by atomic mass is 16.2. The maximum Gasteiger partial charge on any atom is 0.239 e. The Labute approximate surface area is 122 Å². The van der Waals surface area contributed by atoms with E-state index in [0.717, 1.165) is 25.7 Å². The lowest BCUT2D eigenvalue weighted by Gasteiger charge is -2.39. The van der Waals surface area contributed by atoms with Crippen LogP contribution in [0.15, 0.2) is 0 Å². The molecule has 1 rings (SSSR count). The van der Waals surface area contributed by atoms with Gasteiger partial charge in [0.15, 0.2) is 0 Å². The van der Waals surface area contributed by atoms with Gasteiger partial charge in [0, 0.05) is 19.6 Å². The van der Waals surface area contributed by atoms with Gasteiger partial charge in [-0.1, -0.05) is 6.92 Å². The van der Waals surface area contributed by atoms with Crippen molar-refractivity contribution in [2.45, 2.75) is 52.5 Å². The molecule has 0 aromatic rings. The zero-order valence-corrected chi connectivity index (χ0v) is 13.2. The molecule has 1 aliphatic rings. The van der Waals surface area contributed by atoms with E-state index in [1.54, 1.807) is 7.05 Å². The smallest absolute Gasteiger partial charge is 0.239 e. The molecule has 0 aromatic carbocycles. The molecule has 0 aliphatic heterocycles. The first-order chi connectivity index (χ1) is 9.30. The fourth-order valence-corrected chi connectivity index (χ4v) is 2.88. The number of hydrogen-bond acceptors (Lipinski definition) is 3. The van der Waals surface area contributed by atoms with Crippen LogP contribution in [0.5, 0.6) is 0 Å². The van der Waals surface area contributed by atoms with Crippen LogP contribution in [0.4, 0.5) is 0 Å². The second-order valence-corrected chi connectivity index (χ2v) is 6.55. The molecule has 1 fully saturated rings. The summed E-state index contributed by atoms with van der Waals surface area (Å²) in [6.07, 6.45) is 3.74. The van der Waals surface area contributed by atoms with E-state index in [0.29, 0.717) is 12.5 Å². The van der Waals surface area contributed by atoms with Crippen molar-refractivity contribution >= 4 is 11.8 Å². The Kier molecular flexibility index (Phi) is 5.99. The molecule has 0 radical (unpaired) electrons. The van der Waals surface area contributed by atoms with E-state index in [2.05, 4.69) is 12.2 Å². The van der Waals surface area contributed by atoms with E-state index in [1.165, 1.54) is 4.90 Å². The van der Waals surface area contributed by atoms with Crippen molar-refractivity contribution in [3.05, 3.63) is 0 Å². The van der Waals surface area contributed by atoms with Crippen molar-refractivity contribution in [3.63, 3.8) is 0 Å². The van der Waals surface area contributed by atoms with Crippen LogP contribution in [0.2, 0.25) is 0 Å². The highest BCUT2D eigenvalue weighted by Crippen LogP contribution is 2.39. The molecule has 0 atom stereocenters. The number of nitrogens with two attached hydrogens (primary N) is 1. The van der Waals surface area contributed by atoms with Crippen LogP contribution >= 0.6 is 0 Å². The van der Waals surface area contributed by atoms with Crippen molar-refractivity contribution in [1.82, 2.24) is 10.2 Å². The SMILES string of the molecule is CC1CCC(CN)(C(=O)N(C)CC(=O)NC(C)C)CC1. The van der Waals surface area contributed by atoms with Crippen LogP contribution in [0, 0.1) is 11.3 Å². The summed E-state index contributed by atoms with van der Waals surface area (Å²) in [4.78, 5) is 25.9. The van der Waals surface area contributed by atoms with E-state index in [4.69, 9.17) is 5.73 Å². The zero-order valence-electron chi connectivity index (χ0n) is 13.2. The third kappa shape index (κ3) is 4.20. The maximum absolute atomic E-state index is 12.6. The first-order valence-electron chi connectivity index (χ1n) is 7.55. The molecule has 1 aliphatic carbocycles. The molecule has 5 nitrogen and oxygen atoms in total. The summed E-state index contributed by atoms with van der Waals surface area (Å²) in [5.74, 6) is 0.565. The average molecular weight is 283 g/mol. The molecular formula is C15H29N3O2. The van der Waals surface area contributed by atoms with Crippen LogP contribution in [-0.4, -0.2) is 42.9 Å². The predicted octanol–water partition coefficient (Wildman–Crippen LogP) is 1.12. The second-order valence-electron chi connectivity index (χ2n) is 6.55. The van der Waals surface area contributed by atoms with Gasteiger partial charge in [0.2, 0.25) is 11.8 Å². The van der Waals surface area contributed by atoms with E-state index in [9.17, 15) is 9.59 Å². The van der Waals surface area contributed by atoms with Crippen molar-refractivity contribution < 1.29 is 9.59 Å². The fraction of sp³-hybridized carbons (Fsp3) is 0.867. The average Bonchev–Trinajstić information content (AvgIpc) is 2.38. The minimum Gasteiger partial charge on any atom is -0.352 e. The maximum atomic E-state index is 12.6. The number of likely N-dealkylation sites (N-methyl/N-ethyl adjacent to an activating group) is 1. The molecule has 0 heterocycles. The fourth-order valence-electron chi connectivity index (χ4n) is 2.88. The molecule has 5 heteroatoms. The lowest BCUT2D eigenvalue weighted by molar-refractivity contribution is -0.145. The molecule has 0 aromatic heterocycles. The van der Waals surface area contributed by atoms with Gasteiger partial charge in [-0.05, 0) is 45.4 Å². The number of nitrogens with one attached hydrogen (secondary N) is 1. The van der Waals surface area contributed by atoms with Gasteiger partial charge < -0.3 is 16.0 Å². The third-order valence-electron chi connectivity index (χ3n) is 4.25. The number of nitrogens with zero attached hydrogens (tertiary/aromatic N) is 1. The Morgan fingerprint density at radius 1 is 1.35 bits per heavy atom. The molecule has 2 amide bonds. The van der Waals surface area contributed by atoms with Crippen LogP contribution in [0.25, 0.3) is 0 Å². The van der Waals surface area contributed by atoms with Crippen LogP contribution in [0.3, 0.4) is 0 Å². The summed E-state index contributed by atoms with van der Waals surface area (Å²) in [5, 5.41) is 2.80. The largest absolute Gasteiger partial charge is 0.352 e. The zero-order chi connectivity index (χ0) is 15.3. The number of amides is 2. The van der Waals surface area contributed by atoms with Crippen LogP contribution < -0.4 is 11.1 Å². The monoisotopic (exact) mass is 283 g/mol. The minimum absolute atomic E-state index is 0.0193. The molecule has 0 bridgehead atoms. The lowest BCUT2D eigenvalue weighted by Crippen LogP contribution is -2.51. The normalized spacial score (nSPS) is 26.4. The van der Waals surface area contributed by atoms with Crippen molar-refractivity contribution in [2.75, 3.05) is 20.1 Å². The van der Waals surface area contributed by atoms with E-state index in [1.807, 2.05) is 13.8 Å². The molecule has 0 saturated heterocycles. The van der Waals surface area contributed by atoms with E-state index >= 15 is 0 Å². The minimum atomic E-state index is -0.459. The highest BCUT2D eigenvalue weighted by Gasteiger charge is 2.41. The molecule has 0 unspecified atom stereocenters. The van der Waals surface area contributed by atoms with Gasteiger partial charge in [-0.3, -0.25) is 9.59 Å². The van der Waals surface area contributed by atoms with Gasteiger partial charge in [-0.15, -0.1) is 0 Å². The topological polar surface area (TPSA) is 75.4 Å². The third-order valence-corrected chi connectivity index (χ3v) is 4.25. The highest BCUT2D eigenvalue weighted by molar-refractivity contribution is 5.88. The number of rotatable bonds is 5. The van der Waals surface area contributed by atoms with Gasteiger partial charge in [0.25, 0.3) is 0 Å². The molecule has 1 saturated carbocycles. The summed E-state index contributed by atoms with van der Waals surface area (Å²) in [6, 6.07) is 0.0880. The number of carbonyl (C=O) groups excluding carboxylic acids is 2. The van der Waals surface area contributed by atoms with E-state index < -0.39 is 5.41 Å².